The van der Waals surface area contributed by atoms with Gasteiger partial charge in [0.1, 0.15) is 0 Å². The van der Waals surface area contributed by atoms with Crippen LogP contribution >= 0.6 is 0 Å². The van der Waals surface area contributed by atoms with E-state index in [0.29, 0.717) is 0 Å². The zero-order valence-electron chi connectivity index (χ0n) is 14.0. The summed E-state index contributed by atoms with van der Waals surface area (Å²) in [6.45, 7) is 9.92. The van der Waals surface area contributed by atoms with E-state index in [4.69, 9.17) is 0 Å². The van der Waals surface area contributed by atoms with E-state index >= 15 is 0 Å². The summed E-state index contributed by atoms with van der Waals surface area (Å²) in [4.78, 5) is 7.09. The smallest absolute Gasteiger partial charge is 0.0445 e. The molecule has 0 aromatic carbocycles. The summed E-state index contributed by atoms with van der Waals surface area (Å²) in [5.41, 5.74) is 3.88. The monoisotopic (exact) mass is 289 g/mol. The van der Waals surface area contributed by atoms with Crippen molar-refractivity contribution in [2.24, 2.45) is 0 Å². The first-order chi connectivity index (χ1) is 10.2. The topological polar surface area (TPSA) is 28.2 Å². The molecule has 1 saturated carbocycles. The second-order valence-corrected chi connectivity index (χ2v) is 6.30. The van der Waals surface area contributed by atoms with Crippen molar-refractivity contribution < 1.29 is 0 Å². The fourth-order valence-electron chi connectivity index (χ4n) is 2.60. The van der Waals surface area contributed by atoms with E-state index in [1.165, 1.54) is 49.8 Å². The summed E-state index contributed by atoms with van der Waals surface area (Å²) >= 11 is 0. The Hall–Kier alpha value is -1.09. The lowest BCUT2D eigenvalue weighted by Gasteiger charge is -2.27. The van der Waals surface area contributed by atoms with Gasteiger partial charge in [-0.05, 0) is 38.7 Å². The maximum absolute atomic E-state index is 4.51. The number of nitrogens with zero attached hydrogens (tertiary/aromatic N) is 2. The van der Waals surface area contributed by atoms with Crippen LogP contribution in [0.25, 0.3) is 0 Å². The van der Waals surface area contributed by atoms with Gasteiger partial charge in [-0.15, -0.1) is 0 Å². The summed E-state index contributed by atoms with van der Waals surface area (Å²) in [5.74, 6) is 0. The van der Waals surface area contributed by atoms with Gasteiger partial charge in [-0.25, -0.2) is 0 Å². The van der Waals surface area contributed by atoms with Crippen LogP contribution in [-0.4, -0.2) is 24.1 Å². The molecule has 3 nitrogen and oxygen atoms in total. The second kappa shape index (κ2) is 8.38. The van der Waals surface area contributed by atoms with Gasteiger partial charge < -0.3 is 10.2 Å². The molecule has 0 spiro atoms. The second-order valence-electron chi connectivity index (χ2n) is 6.30. The molecule has 1 aliphatic carbocycles. The average Bonchev–Trinajstić information content (AvgIpc) is 3.30. The van der Waals surface area contributed by atoms with E-state index in [-0.39, 0.29) is 0 Å². The van der Waals surface area contributed by atoms with Crippen molar-refractivity contribution >= 4 is 5.69 Å². The van der Waals surface area contributed by atoms with Gasteiger partial charge in [0.2, 0.25) is 0 Å². The van der Waals surface area contributed by atoms with Crippen LogP contribution in [-0.2, 0) is 6.54 Å². The van der Waals surface area contributed by atoms with Crippen molar-refractivity contribution in [3.8, 4) is 0 Å². The minimum Gasteiger partial charge on any atom is -0.371 e. The third-order valence-corrected chi connectivity index (χ3v) is 4.16. The van der Waals surface area contributed by atoms with Gasteiger partial charge in [0.15, 0.2) is 0 Å². The maximum atomic E-state index is 4.51. The highest BCUT2D eigenvalue weighted by Gasteiger charge is 2.21. The highest BCUT2D eigenvalue weighted by Crippen LogP contribution is 2.24. The highest BCUT2D eigenvalue weighted by molar-refractivity contribution is 5.53. The van der Waals surface area contributed by atoms with Gasteiger partial charge in [-0.1, -0.05) is 26.7 Å². The van der Waals surface area contributed by atoms with Gasteiger partial charge in [0.25, 0.3) is 0 Å². The number of hydrogen-bond acceptors (Lipinski definition) is 3. The van der Waals surface area contributed by atoms with Gasteiger partial charge in [-0.2, -0.15) is 0 Å². The van der Waals surface area contributed by atoms with Gasteiger partial charge >= 0.3 is 0 Å². The molecule has 21 heavy (non-hydrogen) atoms. The number of aromatic nitrogens is 1. The van der Waals surface area contributed by atoms with Crippen molar-refractivity contribution in [3.05, 3.63) is 23.5 Å². The Morgan fingerprint density at radius 3 is 2.43 bits per heavy atom. The van der Waals surface area contributed by atoms with Crippen molar-refractivity contribution in [1.29, 1.82) is 0 Å². The lowest BCUT2D eigenvalue weighted by atomic mass is 10.1. The third kappa shape index (κ3) is 5.31. The Labute approximate surface area is 130 Å². The molecule has 118 valence electrons. The van der Waals surface area contributed by atoms with Crippen LogP contribution in [0.2, 0.25) is 0 Å². The fourth-order valence-corrected chi connectivity index (χ4v) is 2.60. The first kappa shape index (κ1) is 16.3. The zero-order chi connectivity index (χ0) is 15.1. The predicted molar refractivity (Wildman–Crippen MR) is 90.9 cm³/mol. The van der Waals surface area contributed by atoms with E-state index in [0.717, 1.165) is 31.4 Å². The molecule has 1 heterocycles. The Morgan fingerprint density at radius 2 is 1.86 bits per heavy atom. The molecule has 0 unspecified atom stereocenters. The van der Waals surface area contributed by atoms with Crippen LogP contribution < -0.4 is 10.2 Å². The van der Waals surface area contributed by atoms with Crippen LogP contribution in [0.4, 0.5) is 5.69 Å². The molecule has 0 bridgehead atoms. The normalized spacial score (nSPS) is 14.4. The molecule has 0 saturated heterocycles. The molecular weight excluding hydrogens is 258 g/mol. The summed E-state index contributed by atoms with van der Waals surface area (Å²) in [7, 11) is 0. The number of nitrogens with one attached hydrogen (secondary N) is 1. The zero-order valence-corrected chi connectivity index (χ0v) is 14.0. The SMILES string of the molecule is CCCCN(CCCC)c1cc(C)ncc1CNC1CC1. The van der Waals surface area contributed by atoms with E-state index < -0.39 is 0 Å². The largest absolute Gasteiger partial charge is 0.371 e. The van der Waals surface area contributed by atoms with E-state index in [2.05, 4.69) is 48.2 Å². The molecule has 1 aromatic heterocycles. The number of anilines is 1. The molecule has 1 aromatic rings. The average molecular weight is 289 g/mol. The van der Waals surface area contributed by atoms with Crippen LogP contribution in [0.5, 0.6) is 0 Å². The standard InChI is InChI=1S/C18H31N3/c1-4-6-10-21(11-7-5-2)18-12-15(3)19-13-16(18)14-20-17-8-9-17/h12-13,17,20H,4-11,14H2,1-3H3. The van der Waals surface area contributed by atoms with E-state index in [1.807, 2.05) is 0 Å². The Balaban J connectivity index is 2.11. The van der Waals surface area contributed by atoms with Gasteiger partial charge in [0, 0.05) is 48.8 Å². The molecular formula is C18H31N3. The van der Waals surface area contributed by atoms with Gasteiger partial charge in [0.05, 0.1) is 0 Å². The predicted octanol–water partition coefficient (Wildman–Crippen LogP) is 4.05. The minimum atomic E-state index is 0.749. The molecule has 0 radical (unpaired) electrons. The molecule has 0 atom stereocenters. The maximum Gasteiger partial charge on any atom is 0.0445 e. The quantitative estimate of drug-likeness (QED) is 0.704. The third-order valence-electron chi connectivity index (χ3n) is 4.16. The molecule has 1 N–H and O–H groups in total. The van der Waals surface area contributed by atoms with Crippen molar-refractivity contribution in [2.75, 3.05) is 18.0 Å². The van der Waals surface area contributed by atoms with Crippen LogP contribution in [0, 0.1) is 6.92 Å². The summed E-state index contributed by atoms with van der Waals surface area (Å²) in [5, 5.41) is 3.63. The van der Waals surface area contributed by atoms with E-state index in [1.54, 1.807) is 0 Å². The van der Waals surface area contributed by atoms with Crippen LogP contribution in [0.15, 0.2) is 12.3 Å². The summed E-state index contributed by atoms with van der Waals surface area (Å²) in [6, 6.07) is 3.02. The summed E-state index contributed by atoms with van der Waals surface area (Å²) in [6.07, 6.45) is 9.78. The molecule has 2 rings (SSSR count). The van der Waals surface area contributed by atoms with Crippen LogP contribution in [0.3, 0.4) is 0 Å². The number of aryl methyl sites for hydroxylation is 1. The molecule has 0 amide bonds. The van der Waals surface area contributed by atoms with Crippen molar-refractivity contribution in [2.45, 2.75) is 71.9 Å². The first-order valence-corrected chi connectivity index (χ1v) is 8.68. The first-order valence-electron chi connectivity index (χ1n) is 8.68. The number of hydrogen-bond donors (Lipinski definition) is 1. The highest BCUT2D eigenvalue weighted by atomic mass is 15.1. The lowest BCUT2D eigenvalue weighted by molar-refractivity contribution is 0.657. The number of pyridine rings is 1. The van der Waals surface area contributed by atoms with Crippen molar-refractivity contribution in [3.63, 3.8) is 0 Å². The Morgan fingerprint density at radius 1 is 1.19 bits per heavy atom. The lowest BCUT2D eigenvalue weighted by Crippen LogP contribution is -2.28. The Kier molecular flexibility index (Phi) is 6.50. The Bertz CT molecular complexity index is 418. The molecule has 3 heteroatoms. The van der Waals surface area contributed by atoms with E-state index in [9.17, 15) is 0 Å². The number of rotatable bonds is 10. The van der Waals surface area contributed by atoms with Crippen molar-refractivity contribution in [1.82, 2.24) is 10.3 Å². The fraction of sp³-hybridized carbons (Fsp3) is 0.722. The molecule has 0 aliphatic heterocycles. The molecule has 1 aliphatic rings. The minimum absolute atomic E-state index is 0.749. The summed E-state index contributed by atoms with van der Waals surface area (Å²) < 4.78 is 0. The van der Waals surface area contributed by atoms with Crippen LogP contribution in [0.1, 0.15) is 63.6 Å². The van der Waals surface area contributed by atoms with Gasteiger partial charge in [-0.3, -0.25) is 4.98 Å². The molecule has 1 fully saturated rings. The number of unbranched alkanes of at least 4 members (excludes halogenated alkanes) is 2.